The first-order valence-corrected chi connectivity index (χ1v) is 5.31. The van der Waals surface area contributed by atoms with Crippen molar-refractivity contribution in [1.29, 1.82) is 5.26 Å². The van der Waals surface area contributed by atoms with E-state index in [9.17, 15) is 9.50 Å². The number of aromatic hydroxyl groups is 1. The fraction of sp³-hybridized carbons (Fsp3) is 0.364. The Morgan fingerprint density at radius 1 is 1.56 bits per heavy atom. The van der Waals surface area contributed by atoms with Gasteiger partial charge in [0.2, 0.25) is 5.82 Å². The Hall–Kier alpha value is -1.28. The highest BCUT2D eigenvalue weighted by atomic mass is 79.9. The van der Waals surface area contributed by atoms with Crippen LogP contribution in [0.4, 0.5) is 4.39 Å². The number of nitrogens with zero attached hydrogens (tertiary/aromatic N) is 1. The van der Waals surface area contributed by atoms with Crippen LogP contribution in [-0.2, 0) is 5.41 Å². The minimum atomic E-state index is -0.973. The van der Waals surface area contributed by atoms with Gasteiger partial charge in [0.15, 0.2) is 11.5 Å². The summed E-state index contributed by atoms with van der Waals surface area (Å²) in [4.78, 5) is 0. The van der Waals surface area contributed by atoms with Crippen LogP contribution < -0.4 is 4.74 Å². The average Bonchev–Trinajstić information content (AvgIpc) is 2.24. The fourth-order valence-electron chi connectivity index (χ4n) is 1.32. The molecule has 3 nitrogen and oxygen atoms in total. The smallest absolute Gasteiger partial charge is 0.208 e. The van der Waals surface area contributed by atoms with Gasteiger partial charge >= 0.3 is 0 Å². The van der Waals surface area contributed by atoms with Gasteiger partial charge in [-0.1, -0.05) is 0 Å². The second-order valence-corrected chi connectivity index (χ2v) is 4.69. The quantitative estimate of drug-likeness (QED) is 0.909. The number of hydrogen-bond acceptors (Lipinski definition) is 3. The largest absolute Gasteiger partial charge is 0.504 e. The van der Waals surface area contributed by atoms with Gasteiger partial charge in [0.1, 0.15) is 0 Å². The Kier molecular flexibility index (Phi) is 3.44. The van der Waals surface area contributed by atoms with Crippen LogP contribution >= 0.6 is 15.9 Å². The third-order valence-electron chi connectivity index (χ3n) is 2.31. The molecule has 0 amide bonds. The van der Waals surface area contributed by atoms with Gasteiger partial charge in [-0.2, -0.15) is 9.65 Å². The van der Waals surface area contributed by atoms with Gasteiger partial charge in [0.25, 0.3) is 0 Å². The molecular formula is C11H11BrFNO2. The number of phenolic OH excluding ortho intramolecular Hbond substituents is 1. The van der Waals surface area contributed by atoms with Gasteiger partial charge in [-0.3, -0.25) is 0 Å². The zero-order valence-corrected chi connectivity index (χ0v) is 10.7. The summed E-state index contributed by atoms with van der Waals surface area (Å²) in [6.07, 6.45) is 0. The fourth-order valence-corrected chi connectivity index (χ4v) is 1.88. The maximum absolute atomic E-state index is 13.7. The first-order valence-electron chi connectivity index (χ1n) is 4.51. The Labute approximate surface area is 102 Å². The van der Waals surface area contributed by atoms with Gasteiger partial charge in [0, 0.05) is 5.56 Å². The second-order valence-electron chi connectivity index (χ2n) is 3.84. The summed E-state index contributed by atoms with van der Waals surface area (Å²) in [5.41, 5.74) is -0.750. The summed E-state index contributed by atoms with van der Waals surface area (Å²) in [6, 6.07) is 3.49. The molecule has 1 rings (SSSR count). The third kappa shape index (κ3) is 1.98. The van der Waals surface area contributed by atoms with Crippen molar-refractivity contribution in [2.24, 2.45) is 0 Å². The summed E-state index contributed by atoms with van der Waals surface area (Å²) in [6.45, 7) is 3.20. The van der Waals surface area contributed by atoms with E-state index >= 15 is 0 Å². The highest BCUT2D eigenvalue weighted by Crippen LogP contribution is 2.41. The average molecular weight is 288 g/mol. The van der Waals surface area contributed by atoms with Crippen molar-refractivity contribution in [3.8, 4) is 17.6 Å². The second kappa shape index (κ2) is 4.30. The van der Waals surface area contributed by atoms with Crippen LogP contribution in [0.1, 0.15) is 19.4 Å². The van der Waals surface area contributed by atoms with Crippen LogP contribution in [0.25, 0.3) is 0 Å². The maximum Gasteiger partial charge on any atom is 0.208 e. The Bertz CT molecular complexity index is 466. The van der Waals surface area contributed by atoms with Gasteiger partial charge in [0.05, 0.1) is 23.1 Å². The molecule has 1 N–H and O–H groups in total. The van der Waals surface area contributed by atoms with E-state index in [-0.39, 0.29) is 11.3 Å². The normalized spacial score (nSPS) is 11.0. The van der Waals surface area contributed by atoms with Crippen LogP contribution in [0.15, 0.2) is 10.5 Å². The van der Waals surface area contributed by atoms with E-state index in [1.54, 1.807) is 13.8 Å². The van der Waals surface area contributed by atoms with Crippen molar-refractivity contribution in [1.82, 2.24) is 0 Å². The molecule has 0 radical (unpaired) electrons. The van der Waals surface area contributed by atoms with E-state index < -0.39 is 17.0 Å². The molecule has 0 aliphatic carbocycles. The monoisotopic (exact) mass is 287 g/mol. The maximum atomic E-state index is 13.7. The standard InChI is InChI=1S/C11H11BrFNO2/c1-11(2,5-14)6-4-7(12)10(16-3)8(13)9(6)15/h4,15H,1-3H3. The minimum absolute atomic E-state index is 0.0741. The zero-order chi connectivity index (χ0) is 12.5. The molecule has 0 aliphatic rings. The van der Waals surface area contributed by atoms with E-state index in [1.807, 2.05) is 6.07 Å². The number of nitriles is 1. The molecule has 0 atom stereocenters. The number of halogens is 2. The molecule has 0 saturated carbocycles. The molecule has 1 aromatic carbocycles. The molecule has 0 bridgehead atoms. The number of hydrogen-bond donors (Lipinski definition) is 1. The lowest BCUT2D eigenvalue weighted by molar-refractivity contribution is 0.357. The topological polar surface area (TPSA) is 53.2 Å². The number of benzene rings is 1. The Morgan fingerprint density at radius 2 is 2.12 bits per heavy atom. The summed E-state index contributed by atoms with van der Waals surface area (Å²) in [5.74, 6) is -1.49. The van der Waals surface area contributed by atoms with Gasteiger partial charge in [-0.25, -0.2) is 0 Å². The lowest BCUT2D eigenvalue weighted by Crippen LogP contribution is -2.15. The van der Waals surface area contributed by atoms with Crippen LogP contribution in [-0.4, -0.2) is 12.2 Å². The lowest BCUT2D eigenvalue weighted by Gasteiger charge is -2.19. The van der Waals surface area contributed by atoms with Crippen LogP contribution in [0.5, 0.6) is 11.5 Å². The molecule has 16 heavy (non-hydrogen) atoms. The van der Waals surface area contributed by atoms with Gasteiger partial charge in [-0.05, 0) is 35.8 Å². The molecule has 0 unspecified atom stereocenters. The Morgan fingerprint density at radius 3 is 2.56 bits per heavy atom. The van der Waals surface area contributed by atoms with E-state index in [4.69, 9.17) is 10.00 Å². The molecule has 0 fully saturated rings. The molecule has 5 heteroatoms. The first-order chi connectivity index (χ1) is 7.35. The van der Waals surface area contributed by atoms with Crippen LogP contribution in [0, 0.1) is 17.1 Å². The van der Waals surface area contributed by atoms with Crippen molar-refractivity contribution >= 4 is 15.9 Å². The zero-order valence-electron chi connectivity index (χ0n) is 9.14. The van der Waals surface area contributed by atoms with Crippen LogP contribution in [0.3, 0.4) is 0 Å². The molecule has 86 valence electrons. The molecule has 0 aliphatic heterocycles. The van der Waals surface area contributed by atoms with Crippen molar-refractivity contribution in [3.63, 3.8) is 0 Å². The molecule has 0 saturated heterocycles. The minimum Gasteiger partial charge on any atom is -0.504 e. The summed E-state index contributed by atoms with van der Waals surface area (Å²) in [5, 5.41) is 18.6. The van der Waals surface area contributed by atoms with Crippen molar-refractivity contribution in [2.45, 2.75) is 19.3 Å². The van der Waals surface area contributed by atoms with E-state index in [2.05, 4.69) is 15.9 Å². The predicted molar refractivity (Wildman–Crippen MR) is 61.0 cm³/mol. The van der Waals surface area contributed by atoms with Crippen molar-refractivity contribution in [2.75, 3.05) is 7.11 Å². The lowest BCUT2D eigenvalue weighted by atomic mass is 9.85. The van der Waals surface area contributed by atoms with Crippen molar-refractivity contribution in [3.05, 3.63) is 21.9 Å². The molecule has 1 aromatic rings. The van der Waals surface area contributed by atoms with Gasteiger partial charge < -0.3 is 9.84 Å². The predicted octanol–water partition coefficient (Wildman–Crippen LogP) is 3.10. The Balaban J connectivity index is 3.53. The highest BCUT2D eigenvalue weighted by molar-refractivity contribution is 9.10. The van der Waals surface area contributed by atoms with E-state index in [0.29, 0.717) is 4.47 Å². The summed E-state index contributed by atoms with van der Waals surface area (Å²) in [7, 11) is 1.30. The highest BCUT2D eigenvalue weighted by Gasteiger charge is 2.28. The molecule has 0 heterocycles. The van der Waals surface area contributed by atoms with Crippen molar-refractivity contribution < 1.29 is 14.2 Å². The molecule has 0 spiro atoms. The molecular weight excluding hydrogens is 277 g/mol. The summed E-state index contributed by atoms with van der Waals surface area (Å²) < 4.78 is 18.8. The molecule has 0 aromatic heterocycles. The first kappa shape index (κ1) is 12.8. The summed E-state index contributed by atoms with van der Waals surface area (Å²) >= 11 is 3.13. The number of rotatable bonds is 2. The van der Waals surface area contributed by atoms with E-state index in [1.165, 1.54) is 13.2 Å². The van der Waals surface area contributed by atoms with Gasteiger partial charge in [-0.15, -0.1) is 0 Å². The van der Waals surface area contributed by atoms with E-state index in [0.717, 1.165) is 0 Å². The third-order valence-corrected chi connectivity index (χ3v) is 2.90. The van der Waals surface area contributed by atoms with Crippen LogP contribution in [0.2, 0.25) is 0 Å². The number of ether oxygens (including phenoxy) is 1. The SMILES string of the molecule is COc1c(Br)cc(C(C)(C)C#N)c(O)c1F. The number of phenols is 1. The number of methoxy groups -OCH3 is 1.